The summed E-state index contributed by atoms with van der Waals surface area (Å²) in [5.41, 5.74) is 8.49. The number of benzene rings is 1. The van der Waals surface area contributed by atoms with Gasteiger partial charge in [-0.2, -0.15) is 0 Å². The lowest BCUT2D eigenvalue weighted by atomic mass is 9.87. The fourth-order valence-corrected chi connectivity index (χ4v) is 3.06. The summed E-state index contributed by atoms with van der Waals surface area (Å²) < 4.78 is 0. The van der Waals surface area contributed by atoms with Crippen LogP contribution in [0.3, 0.4) is 0 Å². The summed E-state index contributed by atoms with van der Waals surface area (Å²) >= 11 is 0. The molecule has 6 nitrogen and oxygen atoms in total. The molecule has 2 heterocycles. The van der Waals surface area contributed by atoms with Crippen LogP contribution >= 0.6 is 0 Å². The number of nitrogens with zero attached hydrogens (tertiary/aromatic N) is 2. The summed E-state index contributed by atoms with van der Waals surface area (Å²) in [4.78, 5) is 29.9. The van der Waals surface area contributed by atoms with Crippen molar-refractivity contribution in [2.24, 2.45) is 0 Å². The molecule has 0 bridgehead atoms. The second-order valence-corrected chi connectivity index (χ2v) is 6.61. The van der Waals surface area contributed by atoms with Gasteiger partial charge in [-0.25, -0.2) is 4.98 Å². The number of carbonyl (C=O) groups excluding carboxylic acids is 2. The standard InChI is InChI=1S/C18H20N4O2/c1-11(23)22-10-18(2,3)14-7-6-12(9-15(14)22)21-17(24)13-5-4-8-20-16(13)19/h4-9H,10H2,1-3H3,(H2,19,20)(H,21,24). The molecule has 0 saturated heterocycles. The van der Waals surface area contributed by atoms with Crippen LogP contribution in [0.1, 0.15) is 36.7 Å². The predicted octanol–water partition coefficient (Wildman–Crippen LogP) is 2.56. The Morgan fingerprint density at radius 1 is 1.29 bits per heavy atom. The number of pyridine rings is 1. The van der Waals surface area contributed by atoms with Gasteiger partial charge in [0.1, 0.15) is 5.82 Å². The molecule has 2 amide bonds. The van der Waals surface area contributed by atoms with Gasteiger partial charge in [0.05, 0.1) is 5.56 Å². The second-order valence-electron chi connectivity index (χ2n) is 6.61. The first kappa shape index (κ1) is 16.0. The third-order valence-electron chi connectivity index (χ3n) is 4.29. The van der Waals surface area contributed by atoms with E-state index in [0.717, 1.165) is 11.3 Å². The summed E-state index contributed by atoms with van der Waals surface area (Å²) in [6.45, 7) is 6.38. The number of nitrogens with two attached hydrogens (primary N) is 1. The molecule has 3 rings (SSSR count). The Kier molecular flexibility index (Phi) is 3.75. The van der Waals surface area contributed by atoms with Crippen LogP contribution in [0.15, 0.2) is 36.5 Å². The van der Waals surface area contributed by atoms with E-state index in [0.29, 0.717) is 17.8 Å². The van der Waals surface area contributed by atoms with Crippen LogP contribution in [-0.2, 0) is 10.2 Å². The Hall–Kier alpha value is -2.89. The molecule has 1 aromatic heterocycles. The van der Waals surface area contributed by atoms with Gasteiger partial charge in [0.15, 0.2) is 0 Å². The summed E-state index contributed by atoms with van der Waals surface area (Å²) in [5.74, 6) is -0.156. The Bertz CT molecular complexity index is 830. The average Bonchev–Trinajstić information content (AvgIpc) is 2.79. The number of fused-ring (bicyclic) bond motifs is 1. The maximum atomic E-state index is 12.4. The Morgan fingerprint density at radius 2 is 2.04 bits per heavy atom. The summed E-state index contributed by atoms with van der Waals surface area (Å²) in [5, 5.41) is 2.82. The number of hydrogen-bond donors (Lipinski definition) is 2. The van der Waals surface area contributed by atoms with Gasteiger partial charge in [-0.1, -0.05) is 19.9 Å². The van der Waals surface area contributed by atoms with E-state index in [1.165, 1.54) is 6.20 Å². The number of nitrogens with one attached hydrogen (secondary N) is 1. The van der Waals surface area contributed by atoms with Crippen molar-refractivity contribution in [2.45, 2.75) is 26.2 Å². The van der Waals surface area contributed by atoms with E-state index in [1.807, 2.05) is 18.2 Å². The molecular weight excluding hydrogens is 304 g/mol. The molecule has 0 unspecified atom stereocenters. The molecule has 0 atom stereocenters. The van der Waals surface area contributed by atoms with Gasteiger partial charge >= 0.3 is 0 Å². The van der Waals surface area contributed by atoms with Crippen LogP contribution in [0.25, 0.3) is 0 Å². The minimum Gasteiger partial charge on any atom is -0.383 e. The van der Waals surface area contributed by atoms with Crippen molar-refractivity contribution in [1.29, 1.82) is 0 Å². The molecule has 0 aliphatic carbocycles. The SMILES string of the molecule is CC(=O)N1CC(C)(C)c2ccc(NC(=O)c3cccnc3N)cc21. The molecule has 1 aromatic carbocycles. The molecule has 2 aromatic rings. The first-order valence-corrected chi connectivity index (χ1v) is 7.74. The molecule has 24 heavy (non-hydrogen) atoms. The van der Waals surface area contributed by atoms with E-state index in [9.17, 15) is 9.59 Å². The van der Waals surface area contributed by atoms with Gasteiger partial charge in [0.2, 0.25) is 5.91 Å². The van der Waals surface area contributed by atoms with Gasteiger partial charge in [-0.05, 0) is 29.8 Å². The van der Waals surface area contributed by atoms with Crippen LogP contribution in [0.5, 0.6) is 0 Å². The van der Waals surface area contributed by atoms with E-state index in [4.69, 9.17) is 5.73 Å². The summed E-state index contributed by atoms with van der Waals surface area (Å²) in [7, 11) is 0. The fourth-order valence-electron chi connectivity index (χ4n) is 3.06. The minimum atomic E-state index is -0.327. The molecule has 124 valence electrons. The fraction of sp³-hybridized carbons (Fsp3) is 0.278. The molecular formula is C18H20N4O2. The summed E-state index contributed by atoms with van der Waals surface area (Å²) in [6, 6.07) is 8.91. The highest BCUT2D eigenvalue weighted by molar-refractivity contribution is 6.07. The molecule has 3 N–H and O–H groups in total. The molecule has 1 aliphatic heterocycles. The first-order chi connectivity index (χ1) is 11.3. The maximum absolute atomic E-state index is 12.4. The van der Waals surface area contributed by atoms with Gasteiger partial charge in [-0.15, -0.1) is 0 Å². The second kappa shape index (κ2) is 5.63. The average molecular weight is 324 g/mol. The third-order valence-corrected chi connectivity index (χ3v) is 4.29. The number of anilines is 3. The van der Waals surface area contributed by atoms with E-state index in [-0.39, 0.29) is 23.0 Å². The largest absolute Gasteiger partial charge is 0.383 e. The zero-order valence-corrected chi connectivity index (χ0v) is 14.0. The Morgan fingerprint density at radius 3 is 2.71 bits per heavy atom. The molecule has 1 aliphatic rings. The smallest absolute Gasteiger partial charge is 0.259 e. The van der Waals surface area contributed by atoms with Crippen LogP contribution in [0.4, 0.5) is 17.2 Å². The number of hydrogen-bond acceptors (Lipinski definition) is 4. The third kappa shape index (κ3) is 2.71. The highest BCUT2D eigenvalue weighted by Crippen LogP contribution is 2.41. The highest BCUT2D eigenvalue weighted by atomic mass is 16.2. The molecule has 0 fully saturated rings. The van der Waals surface area contributed by atoms with Crippen LogP contribution in [0, 0.1) is 0 Å². The topological polar surface area (TPSA) is 88.3 Å². The van der Waals surface area contributed by atoms with Gasteiger partial charge in [0.25, 0.3) is 5.91 Å². The van der Waals surface area contributed by atoms with E-state index in [2.05, 4.69) is 24.1 Å². The van der Waals surface area contributed by atoms with Crippen LogP contribution in [0.2, 0.25) is 0 Å². The van der Waals surface area contributed by atoms with Gasteiger partial charge in [-0.3, -0.25) is 9.59 Å². The van der Waals surface area contributed by atoms with Crippen molar-refractivity contribution in [1.82, 2.24) is 4.98 Å². The lowest BCUT2D eigenvalue weighted by molar-refractivity contribution is -0.116. The summed E-state index contributed by atoms with van der Waals surface area (Å²) in [6.07, 6.45) is 1.54. The zero-order valence-electron chi connectivity index (χ0n) is 14.0. The number of rotatable bonds is 2. The van der Waals surface area contributed by atoms with Crippen LogP contribution < -0.4 is 16.0 Å². The molecule has 0 radical (unpaired) electrons. The van der Waals surface area contributed by atoms with Gasteiger partial charge in [0, 0.05) is 36.5 Å². The lowest BCUT2D eigenvalue weighted by Crippen LogP contribution is -2.32. The molecule has 6 heteroatoms. The van der Waals surface area contributed by atoms with Crippen molar-refractivity contribution >= 4 is 29.0 Å². The number of carbonyl (C=O) groups is 2. The van der Waals surface area contributed by atoms with Gasteiger partial charge < -0.3 is 16.0 Å². The van der Waals surface area contributed by atoms with Crippen molar-refractivity contribution < 1.29 is 9.59 Å². The quantitative estimate of drug-likeness (QED) is 0.888. The van der Waals surface area contributed by atoms with Crippen molar-refractivity contribution in [3.63, 3.8) is 0 Å². The predicted molar refractivity (Wildman–Crippen MR) is 94.1 cm³/mol. The van der Waals surface area contributed by atoms with E-state index >= 15 is 0 Å². The normalized spacial score (nSPS) is 15.0. The zero-order chi connectivity index (χ0) is 17.5. The minimum absolute atomic E-state index is 0.0122. The van der Waals surface area contributed by atoms with Crippen LogP contribution in [-0.4, -0.2) is 23.3 Å². The number of nitrogen functional groups attached to an aromatic ring is 1. The number of amides is 2. The Labute approximate surface area is 140 Å². The van der Waals surface area contributed by atoms with E-state index in [1.54, 1.807) is 24.0 Å². The monoisotopic (exact) mass is 324 g/mol. The van der Waals surface area contributed by atoms with E-state index < -0.39 is 0 Å². The molecule has 0 spiro atoms. The Balaban J connectivity index is 1.92. The highest BCUT2D eigenvalue weighted by Gasteiger charge is 2.36. The number of aromatic nitrogens is 1. The maximum Gasteiger partial charge on any atom is 0.259 e. The van der Waals surface area contributed by atoms with Crippen molar-refractivity contribution in [3.8, 4) is 0 Å². The van der Waals surface area contributed by atoms with Crippen molar-refractivity contribution in [3.05, 3.63) is 47.7 Å². The van der Waals surface area contributed by atoms with Crippen molar-refractivity contribution in [2.75, 3.05) is 22.5 Å². The first-order valence-electron chi connectivity index (χ1n) is 7.74. The molecule has 0 saturated carbocycles. The lowest BCUT2D eigenvalue weighted by Gasteiger charge is -2.19.